The van der Waals surface area contributed by atoms with Gasteiger partial charge in [-0.15, -0.1) is 0 Å². The smallest absolute Gasteiger partial charge is 0.258 e. The first-order valence-electron chi connectivity index (χ1n) is 11.1. The molecule has 6 heteroatoms. The zero-order valence-electron chi connectivity index (χ0n) is 18.4. The first-order chi connectivity index (χ1) is 15.0. The zero-order chi connectivity index (χ0) is 22.0. The number of nitrogens with zero attached hydrogens (tertiary/aromatic N) is 1. The SMILES string of the molecule is CCOc1ccccc1C(=O)N1CCCC1C(=O)NC1CCOc2c(C)cc(C)cc21. The molecule has 2 aromatic rings. The molecule has 1 saturated heterocycles. The number of amides is 2. The molecule has 2 atom stereocenters. The molecule has 2 unspecified atom stereocenters. The highest BCUT2D eigenvalue weighted by molar-refractivity contribution is 6.00. The van der Waals surface area contributed by atoms with Gasteiger partial charge in [0.1, 0.15) is 17.5 Å². The summed E-state index contributed by atoms with van der Waals surface area (Å²) in [6.45, 7) is 7.59. The number of aryl methyl sites for hydroxylation is 2. The van der Waals surface area contributed by atoms with Crippen LogP contribution in [0, 0.1) is 13.8 Å². The highest BCUT2D eigenvalue weighted by Crippen LogP contribution is 2.36. The van der Waals surface area contributed by atoms with E-state index in [1.807, 2.05) is 32.9 Å². The molecule has 31 heavy (non-hydrogen) atoms. The van der Waals surface area contributed by atoms with Crippen molar-refractivity contribution in [1.82, 2.24) is 10.2 Å². The second kappa shape index (κ2) is 9.00. The number of likely N-dealkylation sites (tertiary alicyclic amines) is 1. The van der Waals surface area contributed by atoms with Gasteiger partial charge in [0.15, 0.2) is 0 Å². The number of hydrogen-bond acceptors (Lipinski definition) is 4. The van der Waals surface area contributed by atoms with Crippen LogP contribution < -0.4 is 14.8 Å². The van der Waals surface area contributed by atoms with Gasteiger partial charge in [-0.1, -0.05) is 29.8 Å². The summed E-state index contributed by atoms with van der Waals surface area (Å²) in [5.74, 6) is 1.18. The van der Waals surface area contributed by atoms with Crippen LogP contribution in [0.3, 0.4) is 0 Å². The Kier molecular flexibility index (Phi) is 6.16. The number of carbonyl (C=O) groups is 2. The van der Waals surface area contributed by atoms with Gasteiger partial charge in [0, 0.05) is 18.5 Å². The van der Waals surface area contributed by atoms with Crippen molar-refractivity contribution < 1.29 is 19.1 Å². The second-order valence-corrected chi connectivity index (χ2v) is 8.28. The van der Waals surface area contributed by atoms with Crippen molar-refractivity contribution >= 4 is 11.8 Å². The van der Waals surface area contributed by atoms with Crippen LogP contribution in [0.15, 0.2) is 36.4 Å². The van der Waals surface area contributed by atoms with Gasteiger partial charge in [-0.05, 0) is 51.3 Å². The number of para-hydroxylation sites is 1. The van der Waals surface area contributed by atoms with Crippen molar-refractivity contribution in [1.29, 1.82) is 0 Å². The Balaban J connectivity index is 1.53. The number of carbonyl (C=O) groups excluding carboxylic acids is 2. The Morgan fingerprint density at radius 3 is 2.81 bits per heavy atom. The Morgan fingerprint density at radius 1 is 1.19 bits per heavy atom. The molecule has 2 heterocycles. The minimum absolute atomic E-state index is 0.100. The molecule has 2 aliphatic heterocycles. The highest BCUT2D eigenvalue weighted by atomic mass is 16.5. The lowest BCUT2D eigenvalue weighted by Gasteiger charge is -2.31. The quantitative estimate of drug-likeness (QED) is 0.792. The first-order valence-corrected chi connectivity index (χ1v) is 11.1. The van der Waals surface area contributed by atoms with Gasteiger partial charge in [0.05, 0.1) is 24.8 Å². The third-order valence-corrected chi connectivity index (χ3v) is 6.03. The number of benzene rings is 2. The van der Waals surface area contributed by atoms with Crippen LogP contribution in [-0.2, 0) is 4.79 Å². The van der Waals surface area contributed by atoms with E-state index in [9.17, 15) is 9.59 Å². The number of fused-ring (bicyclic) bond motifs is 1. The van der Waals surface area contributed by atoms with E-state index in [0.717, 1.165) is 35.3 Å². The van der Waals surface area contributed by atoms with E-state index >= 15 is 0 Å². The maximum Gasteiger partial charge on any atom is 0.258 e. The lowest BCUT2D eigenvalue weighted by atomic mass is 9.95. The maximum absolute atomic E-state index is 13.3. The van der Waals surface area contributed by atoms with Gasteiger partial charge in [-0.25, -0.2) is 0 Å². The summed E-state index contributed by atoms with van der Waals surface area (Å²) >= 11 is 0. The topological polar surface area (TPSA) is 67.9 Å². The standard InChI is InChI=1S/C25H30N2O4/c1-4-30-22-10-6-5-8-18(22)25(29)27-12-7-9-21(27)24(28)26-20-11-13-31-23-17(3)14-16(2)15-19(20)23/h5-6,8,10,14-15,20-21H,4,7,9,11-13H2,1-3H3,(H,26,28). The predicted molar refractivity (Wildman–Crippen MR) is 119 cm³/mol. The van der Waals surface area contributed by atoms with Gasteiger partial charge in [-0.3, -0.25) is 9.59 Å². The van der Waals surface area contributed by atoms with E-state index in [2.05, 4.69) is 17.4 Å². The molecule has 0 aromatic heterocycles. The highest BCUT2D eigenvalue weighted by Gasteiger charge is 2.37. The summed E-state index contributed by atoms with van der Waals surface area (Å²) in [7, 11) is 0. The predicted octanol–water partition coefficient (Wildman–Crippen LogP) is 3.95. The maximum atomic E-state index is 13.3. The molecule has 6 nitrogen and oxygen atoms in total. The third-order valence-electron chi connectivity index (χ3n) is 6.03. The van der Waals surface area contributed by atoms with Crippen LogP contribution in [0.4, 0.5) is 0 Å². The van der Waals surface area contributed by atoms with Gasteiger partial charge in [0.2, 0.25) is 5.91 Å². The molecule has 0 spiro atoms. The van der Waals surface area contributed by atoms with Gasteiger partial charge < -0.3 is 19.7 Å². The molecule has 0 bridgehead atoms. The van der Waals surface area contributed by atoms with E-state index < -0.39 is 6.04 Å². The molecule has 1 N–H and O–H groups in total. The fourth-order valence-corrected chi connectivity index (χ4v) is 4.66. The van der Waals surface area contributed by atoms with Crippen molar-refractivity contribution in [3.05, 3.63) is 58.7 Å². The van der Waals surface area contributed by atoms with E-state index in [-0.39, 0.29) is 17.9 Å². The minimum atomic E-state index is -0.473. The van der Waals surface area contributed by atoms with Crippen molar-refractivity contribution in [2.45, 2.75) is 52.1 Å². The van der Waals surface area contributed by atoms with Crippen LogP contribution in [0.25, 0.3) is 0 Å². The Morgan fingerprint density at radius 2 is 2.00 bits per heavy atom. The summed E-state index contributed by atoms with van der Waals surface area (Å²) in [4.78, 5) is 28.2. The van der Waals surface area contributed by atoms with Crippen LogP contribution in [0.1, 0.15) is 59.3 Å². The monoisotopic (exact) mass is 422 g/mol. The minimum Gasteiger partial charge on any atom is -0.493 e. The van der Waals surface area contributed by atoms with Gasteiger partial charge in [-0.2, -0.15) is 0 Å². The Bertz CT molecular complexity index is 987. The first kappa shape index (κ1) is 21.2. The molecule has 0 radical (unpaired) electrons. The average molecular weight is 423 g/mol. The summed E-state index contributed by atoms with van der Waals surface area (Å²) < 4.78 is 11.5. The van der Waals surface area contributed by atoms with E-state index in [1.165, 1.54) is 0 Å². The fraction of sp³-hybridized carbons (Fsp3) is 0.440. The van der Waals surface area contributed by atoms with Crippen LogP contribution in [0.5, 0.6) is 11.5 Å². The van der Waals surface area contributed by atoms with E-state index in [1.54, 1.807) is 17.0 Å². The van der Waals surface area contributed by atoms with Crippen LogP contribution in [-0.4, -0.2) is 42.5 Å². The molecule has 164 valence electrons. The number of nitrogens with one attached hydrogen (secondary N) is 1. The number of ether oxygens (including phenoxy) is 2. The van der Waals surface area contributed by atoms with Crippen LogP contribution >= 0.6 is 0 Å². The molecule has 0 aliphatic carbocycles. The molecule has 0 saturated carbocycles. The van der Waals surface area contributed by atoms with Crippen molar-refractivity contribution in [3.8, 4) is 11.5 Å². The average Bonchev–Trinajstić information content (AvgIpc) is 3.24. The lowest BCUT2D eigenvalue weighted by Crippen LogP contribution is -2.47. The molecule has 2 aliphatic rings. The molecule has 1 fully saturated rings. The fourth-order valence-electron chi connectivity index (χ4n) is 4.66. The second-order valence-electron chi connectivity index (χ2n) is 8.28. The van der Waals surface area contributed by atoms with E-state index in [0.29, 0.717) is 37.5 Å². The molecule has 4 rings (SSSR count). The van der Waals surface area contributed by atoms with Gasteiger partial charge in [0.25, 0.3) is 5.91 Å². The summed E-state index contributed by atoms with van der Waals surface area (Å²) in [6, 6.07) is 10.8. The summed E-state index contributed by atoms with van der Waals surface area (Å²) in [5.41, 5.74) is 3.76. The molecular formula is C25H30N2O4. The summed E-state index contributed by atoms with van der Waals surface area (Å²) in [6.07, 6.45) is 2.19. The molecule has 2 aromatic carbocycles. The van der Waals surface area contributed by atoms with Crippen molar-refractivity contribution in [2.75, 3.05) is 19.8 Å². The lowest BCUT2D eigenvalue weighted by molar-refractivity contribution is -0.125. The number of rotatable bonds is 5. The normalized spacial score (nSPS) is 20.0. The van der Waals surface area contributed by atoms with Gasteiger partial charge >= 0.3 is 0 Å². The zero-order valence-corrected chi connectivity index (χ0v) is 18.4. The Hall–Kier alpha value is -3.02. The third kappa shape index (κ3) is 4.24. The van der Waals surface area contributed by atoms with Crippen molar-refractivity contribution in [2.24, 2.45) is 0 Å². The van der Waals surface area contributed by atoms with Crippen molar-refractivity contribution in [3.63, 3.8) is 0 Å². The Labute approximate surface area is 183 Å². The van der Waals surface area contributed by atoms with Crippen LogP contribution in [0.2, 0.25) is 0 Å². The number of hydrogen-bond donors (Lipinski definition) is 1. The van der Waals surface area contributed by atoms with E-state index in [4.69, 9.17) is 9.47 Å². The molecule has 2 amide bonds. The molecular weight excluding hydrogens is 392 g/mol. The summed E-state index contributed by atoms with van der Waals surface area (Å²) in [5, 5.41) is 3.20. The largest absolute Gasteiger partial charge is 0.493 e.